The summed E-state index contributed by atoms with van der Waals surface area (Å²) in [7, 11) is 0. The van der Waals surface area contributed by atoms with Crippen LogP contribution in [0.1, 0.15) is 0 Å². The predicted molar refractivity (Wildman–Crippen MR) is 93.1 cm³/mol. The molecule has 0 aromatic heterocycles. The van der Waals surface area contributed by atoms with Gasteiger partial charge in [-0.25, -0.2) is 9.29 Å². The Hall–Kier alpha value is -3.62. The van der Waals surface area contributed by atoms with Gasteiger partial charge in [-0.05, 0) is 24.3 Å². The van der Waals surface area contributed by atoms with Crippen molar-refractivity contribution in [3.8, 4) is 0 Å². The summed E-state index contributed by atoms with van der Waals surface area (Å²) in [6.07, 6.45) is 0. The van der Waals surface area contributed by atoms with Crippen LogP contribution in [-0.4, -0.2) is 41.4 Å². The first-order valence-electron chi connectivity index (χ1n) is 8.21. The molecule has 136 valence electrons. The molecule has 8 nitrogen and oxygen atoms in total. The van der Waals surface area contributed by atoms with E-state index in [0.29, 0.717) is 5.69 Å². The van der Waals surface area contributed by atoms with Gasteiger partial charge >= 0.3 is 0 Å². The highest BCUT2D eigenvalue weighted by Crippen LogP contribution is 2.31. The lowest BCUT2D eigenvalue weighted by Gasteiger charge is -2.20. The Morgan fingerprint density at radius 3 is 2.48 bits per heavy atom. The summed E-state index contributed by atoms with van der Waals surface area (Å²) in [4.78, 5) is 38.6. The summed E-state index contributed by atoms with van der Waals surface area (Å²) in [6.45, 7) is -0.333. The Morgan fingerprint density at radius 2 is 1.74 bits per heavy atom. The van der Waals surface area contributed by atoms with Crippen molar-refractivity contribution < 1.29 is 18.8 Å². The molecule has 2 heterocycles. The summed E-state index contributed by atoms with van der Waals surface area (Å²) < 4.78 is 13.7. The van der Waals surface area contributed by atoms with E-state index in [1.807, 2.05) is 0 Å². The van der Waals surface area contributed by atoms with Crippen molar-refractivity contribution in [3.05, 3.63) is 60.4 Å². The number of hydrogen-bond donors (Lipinski definition) is 1. The van der Waals surface area contributed by atoms with Gasteiger partial charge < -0.3 is 5.32 Å². The molecule has 0 bridgehead atoms. The Balaban J connectivity index is 1.49. The number of amides is 3. The van der Waals surface area contributed by atoms with Gasteiger partial charge in [-0.3, -0.25) is 19.4 Å². The lowest BCUT2D eigenvalue weighted by atomic mass is 10.1. The molecule has 2 aromatic rings. The van der Waals surface area contributed by atoms with E-state index in [1.54, 1.807) is 36.4 Å². The largest absolute Gasteiger partial charge is 0.322 e. The number of hydrogen-bond acceptors (Lipinski definition) is 6. The number of carbonyl (C=O) groups excluding carboxylic acids is 3. The maximum absolute atomic E-state index is 13.7. The van der Waals surface area contributed by atoms with E-state index in [9.17, 15) is 18.8 Å². The molecule has 2 unspecified atom stereocenters. The molecular weight excluding hydrogens is 353 g/mol. The fourth-order valence-corrected chi connectivity index (χ4v) is 3.08. The molecule has 1 fully saturated rings. The Kier molecular flexibility index (Phi) is 4.11. The minimum atomic E-state index is -0.987. The Labute approximate surface area is 153 Å². The van der Waals surface area contributed by atoms with E-state index in [0.717, 1.165) is 9.91 Å². The average Bonchev–Trinajstić information content (AvgIpc) is 3.18. The topological polar surface area (TPSA) is 94.4 Å². The van der Waals surface area contributed by atoms with Gasteiger partial charge in [0.25, 0.3) is 11.8 Å². The molecule has 4 rings (SSSR count). The normalized spacial score (nSPS) is 20.9. The van der Waals surface area contributed by atoms with E-state index in [4.69, 9.17) is 0 Å². The number of benzene rings is 2. The van der Waals surface area contributed by atoms with Gasteiger partial charge in [0.2, 0.25) is 5.91 Å². The van der Waals surface area contributed by atoms with Gasteiger partial charge in [0, 0.05) is 0 Å². The summed E-state index contributed by atoms with van der Waals surface area (Å²) >= 11 is 0. The fourth-order valence-electron chi connectivity index (χ4n) is 3.08. The molecule has 0 saturated carbocycles. The molecule has 2 atom stereocenters. The minimum Gasteiger partial charge on any atom is -0.322 e. The van der Waals surface area contributed by atoms with Crippen LogP contribution < -0.4 is 10.2 Å². The first-order chi connectivity index (χ1) is 13.1. The summed E-state index contributed by atoms with van der Waals surface area (Å²) in [6, 6.07) is 12.2. The maximum Gasteiger partial charge on any atom is 0.263 e. The van der Waals surface area contributed by atoms with E-state index in [2.05, 4.69) is 15.7 Å². The van der Waals surface area contributed by atoms with Crippen LogP contribution in [0.3, 0.4) is 0 Å². The number of nitrogens with zero attached hydrogens (tertiary/aromatic N) is 4. The van der Waals surface area contributed by atoms with E-state index < -0.39 is 35.6 Å². The van der Waals surface area contributed by atoms with E-state index in [-0.39, 0.29) is 12.2 Å². The van der Waals surface area contributed by atoms with Crippen molar-refractivity contribution in [2.75, 3.05) is 16.8 Å². The Morgan fingerprint density at radius 1 is 1.04 bits per heavy atom. The zero-order chi connectivity index (χ0) is 19.0. The van der Waals surface area contributed by atoms with Crippen molar-refractivity contribution >= 4 is 29.1 Å². The monoisotopic (exact) mass is 367 g/mol. The van der Waals surface area contributed by atoms with Crippen LogP contribution in [0.4, 0.5) is 15.8 Å². The van der Waals surface area contributed by atoms with Crippen LogP contribution in [0.15, 0.2) is 64.9 Å². The molecular formula is C18H14FN5O3. The number of carbonyl (C=O) groups is 3. The number of anilines is 2. The van der Waals surface area contributed by atoms with Crippen LogP contribution in [0, 0.1) is 5.82 Å². The van der Waals surface area contributed by atoms with Gasteiger partial charge in [0.1, 0.15) is 12.4 Å². The van der Waals surface area contributed by atoms with E-state index in [1.165, 1.54) is 18.2 Å². The highest BCUT2D eigenvalue weighted by Gasteiger charge is 2.55. The molecule has 0 spiro atoms. The van der Waals surface area contributed by atoms with Crippen molar-refractivity contribution in [3.63, 3.8) is 0 Å². The third-order valence-electron chi connectivity index (χ3n) is 4.33. The minimum absolute atomic E-state index is 0.0231. The summed E-state index contributed by atoms with van der Waals surface area (Å²) in [5.74, 6) is -2.14. The lowest BCUT2D eigenvalue weighted by molar-refractivity contribution is -0.123. The SMILES string of the molecule is O=C(CN1N=NC2C(=O)N(c3ccccc3)C(=O)C21)Nc1ccccc1F. The highest BCUT2D eigenvalue weighted by atomic mass is 19.1. The molecule has 9 heteroatoms. The van der Waals surface area contributed by atoms with Crippen molar-refractivity contribution in [2.45, 2.75) is 12.1 Å². The quantitative estimate of drug-likeness (QED) is 0.833. The van der Waals surface area contributed by atoms with Crippen LogP contribution in [0.2, 0.25) is 0 Å². The standard InChI is InChI=1S/C18H14FN5O3/c19-12-8-4-5-9-13(12)20-14(25)10-23-16-15(21-22-23)17(26)24(18(16)27)11-6-2-1-3-7-11/h1-9,15-16H,10H2,(H,20,25). The smallest absolute Gasteiger partial charge is 0.263 e. The predicted octanol–water partition coefficient (Wildman–Crippen LogP) is 1.76. The van der Waals surface area contributed by atoms with Gasteiger partial charge in [-0.2, -0.15) is 5.11 Å². The second kappa shape index (κ2) is 6.60. The van der Waals surface area contributed by atoms with Gasteiger partial charge in [-0.15, -0.1) is 0 Å². The van der Waals surface area contributed by atoms with Crippen LogP contribution in [0.25, 0.3) is 0 Å². The molecule has 1 N–H and O–H groups in total. The molecule has 0 radical (unpaired) electrons. The maximum atomic E-state index is 13.7. The highest BCUT2D eigenvalue weighted by molar-refractivity contribution is 6.25. The number of halogens is 1. The number of imide groups is 1. The van der Waals surface area contributed by atoms with Crippen LogP contribution in [0.5, 0.6) is 0 Å². The third-order valence-corrected chi connectivity index (χ3v) is 4.33. The van der Waals surface area contributed by atoms with Crippen LogP contribution >= 0.6 is 0 Å². The zero-order valence-corrected chi connectivity index (χ0v) is 13.9. The molecule has 0 aliphatic carbocycles. The van der Waals surface area contributed by atoms with Crippen molar-refractivity contribution in [2.24, 2.45) is 10.3 Å². The van der Waals surface area contributed by atoms with Crippen LogP contribution in [-0.2, 0) is 14.4 Å². The number of nitrogens with one attached hydrogen (secondary N) is 1. The lowest BCUT2D eigenvalue weighted by Crippen LogP contribution is -2.43. The molecule has 1 saturated heterocycles. The first kappa shape index (κ1) is 16.8. The number of fused-ring (bicyclic) bond motifs is 1. The second-order valence-electron chi connectivity index (χ2n) is 6.07. The van der Waals surface area contributed by atoms with Gasteiger partial charge in [-0.1, -0.05) is 35.6 Å². The molecule has 2 aromatic carbocycles. The fraction of sp³-hybridized carbons (Fsp3) is 0.167. The zero-order valence-electron chi connectivity index (χ0n) is 13.9. The van der Waals surface area contributed by atoms with Gasteiger partial charge in [0.15, 0.2) is 12.1 Å². The van der Waals surface area contributed by atoms with Gasteiger partial charge in [0.05, 0.1) is 11.4 Å². The number of para-hydroxylation sites is 2. The molecule has 2 aliphatic rings. The molecule has 2 aliphatic heterocycles. The van der Waals surface area contributed by atoms with Crippen molar-refractivity contribution in [1.29, 1.82) is 0 Å². The second-order valence-corrected chi connectivity index (χ2v) is 6.07. The first-order valence-corrected chi connectivity index (χ1v) is 8.21. The molecule has 27 heavy (non-hydrogen) atoms. The average molecular weight is 367 g/mol. The Bertz CT molecular complexity index is 949. The number of rotatable bonds is 4. The molecule has 3 amide bonds. The summed E-state index contributed by atoms with van der Waals surface area (Å²) in [5, 5.41) is 11.2. The van der Waals surface area contributed by atoms with Crippen molar-refractivity contribution in [1.82, 2.24) is 5.01 Å². The third kappa shape index (κ3) is 2.92. The summed E-state index contributed by atoms with van der Waals surface area (Å²) in [5.41, 5.74) is 0.461. The van der Waals surface area contributed by atoms with E-state index >= 15 is 0 Å².